The number of methoxy groups -OCH3 is 1. The monoisotopic (exact) mass is 475 g/mol. The molecule has 0 unspecified atom stereocenters. The SMILES string of the molecule is COc1ccccc1-c1cc(-c2ccc(F)cc2)nc2sc(C(=O)N3CCC(C)CC3)c(N)c12. The van der Waals surface area contributed by atoms with Gasteiger partial charge in [0.2, 0.25) is 0 Å². The van der Waals surface area contributed by atoms with Gasteiger partial charge in [-0.25, -0.2) is 9.37 Å². The topological polar surface area (TPSA) is 68.5 Å². The van der Waals surface area contributed by atoms with E-state index in [9.17, 15) is 9.18 Å². The molecule has 1 aliphatic heterocycles. The quantitative estimate of drug-likeness (QED) is 0.380. The number of nitrogens with two attached hydrogens (primary N) is 1. The van der Waals surface area contributed by atoms with Crippen molar-refractivity contribution in [2.75, 3.05) is 25.9 Å². The maximum Gasteiger partial charge on any atom is 0.266 e. The van der Waals surface area contributed by atoms with E-state index in [2.05, 4.69) is 6.92 Å². The van der Waals surface area contributed by atoms with Crippen LogP contribution in [0, 0.1) is 11.7 Å². The van der Waals surface area contributed by atoms with E-state index >= 15 is 0 Å². The van der Waals surface area contributed by atoms with Gasteiger partial charge in [-0.05, 0) is 60.7 Å². The number of hydrogen-bond donors (Lipinski definition) is 1. The molecule has 174 valence electrons. The van der Waals surface area contributed by atoms with Crippen molar-refractivity contribution in [3.05, 3.63) is 65.3 Å². The smallest absolute Gasteiger partial charge is 0.266 e. The molecule has 5 nitrogen and oxygen atoms in total. The zero-order chi connectivity index (χ0) is 23.8. The lowest BCUT2D eigenvalue weighted by atomic mass is 9.98. The number of aromatic nitrogens is 1. The maximum absolute atomic E-state index is 13.6. The molecular formula is C27H26FN3O2S. The Morgan fingerprint density at radius 3 is 2.53 bits per heavy atom. The molecule has 7 heteroatoms. The lowest BCUT2D eigenvalue weighted by Crippen LogP contribution is -2.37. The number of carbonyl (C=O) groups excluding carboxylic acids is 1. The summed E-state index contributed by atoms with van der Waals surface area (Å²) in [5.41, 5.74) is 10.2. The van der Waals surface area contributed by atoms with Gasteiger partial charge in [-0.15, -0.1) is 11.3 Å². The molecule has 0 radical (unpaired) electrons. The first-order valence-corrected chi connectivity index (χ1v) is 12.2. The fraction of sp³-hybridized carbons (Fsp3) is 0.259. The Kier molecular flexibility index (Phi) is 5.96. The molecule has 34 heavy (non-hydrogen) atoms. The molecule has 2 aromatic carbocycles. The van der Waals surface area contributed by atoms with Crippen LogP contribution in [-0.2, 0) is 0 Å². The number of piperidine rings is 1. The first kappa shape index (κ1) is 22.3. The molecule has 1 fully saturated rings. The fourth-order valence-electron chi connectivity index (χ4n) is 4.48. The minimum atomic E-state index is -0.307. The fourth-order valence-corrected chi connectivity index (χ4v) is 5.57. The molecule has 3 heterocycles. The number of pyridine rings is 1. The van der Waals surface area contributed by atoms with E-state index in [0.717, 1.165) is 48.0 Å². The molecule has 5 rings (SSSR count). The number of carbonyl (C=O) groups is 1. The number of halogens is 1. The molecule has 2 aromatic heterocycles. The van der Waals surface area contributed by atoms with Crippen LogP contribution in [0.1, 0.15) is 29.4 Å². The van der Waals surface area contributed by atoms with Crippen LogP contribution in [0.15, 0.2) is 54.6 Å². The molecule has 4 aromatic rings. The molecule has 0 aliphatic carbocycles. The summed E-state index contributed by atoms with van der Waals surface area (Å²) in [5, 5.41) is 0.745. The average molecular weight is 476 g/mol. The molecule has 1 aliphatic rings. The van der Waals surface area contributed by atoms with Gasteiger partial charge in [0, 0.05) is 29.6 Å². The number of amides is 1. The third kappa shape index (κ3) is 4.01. The summed E-state index contributed by atoms with van der Waals surface area (Å²) < 4.78 is 19.2. The lowest BCUT2D eigenvalue weighted by molar-refractivity contribution is 0.0703. The molecule has 2 N–H and O–H groups in total. The highest BCUT2D eigenvalue weighted by Crippen LogP contribution is 2.44. The van der Waals surface area contributed by atoms with Crippen molar-refractivity contribution in [1.29, 1.82) is 0 Å². The summed E-state index contributed by atoms with van der Waals surface area (Å²) in [5.74, 6) is 0.977. The maximum atomic E-state index is 13.6. The Bertz CT molecular complexity index is 1360. The highest BCUT2D eigenvalue weighted by Gasteiger charge is 2.27. The van der Waals surface area contributed by atoms with Crippen LogP contribution in [-0.4, -0.2) is 36.0 Å². The van der Waals surface area contributed by atoms with Crippen molar-refractivity contribution in [3.63, 3.8) is 0 Å². The number of thiophene rings is 1. The van der Waals surface area contributed by atoms with E-state index in [0.29, 0.717) is 32.8 Å². The number of benzene rings is 2. The van der Waals surface area contributed by atoms with E-state index in [4.69, 9.17) is 15.5 Å². The molecule has 0 bridgehead atoms. The molecule has 0 spiro atoms. The van der Waals surface area contributed by atoms with Crippen LogP contribution in [0.2, 0.25) is 0 Å². The van der Waals surface area contributed by atoms with Crippen LogP contribution in [0.5, 0.6) is 5.75 Å². The van der Waals surface area contributed by atoms with Crippen molar-refractivity contribution >= 4 is 33.1 Å². The number of anilines is 1. The van der Waals surface area contributed by atoms with Crippen LogP contribution in [0.3, 0.4) is 0 Å². The predicted molar refractivity (Wildman–Crippen MR) is 136 cm³/mol. The van der Waals surface area contributed by atoms with Crippen molar-refractivity contribution in [2.24, 2.45) is 5.92 Å². The van der Waals surface area contributed by atoms with Crippen LogP contribution >= 0.6 is 11.3 Å². The number of likely N-dealkylation sites (tertiary alicyclic amines) is 1. The summed E-state index contributed by atoms with van der Waals surface area (Å²) in [6.07, 6.45) is 1.99. The Hall–Kier alpha value is -3.45. The van der Waals surface area contributed by atoms with Gasteiger partial charge in [0.15, 0.2) is 0 Å². The molecular weight excluding hydrogens is 449 g/mol. The van der Waals surface area contributed by atoms with E-state index in [1.165, 1.54) is 23.5 Å². The largest absolute Gasteiger partial charge is 0.496 e. The summed E-state index contributed by atoms with van der Waals surface area (Å²) in [6.45, 7) is 3.69. The number of hydrogen-bond acceptors (Lipinski definition) is 5. The van der Waals surface area contributed by atoms with Gasteiger partial charge in [0.25, 0.3) is 5.91 Å². The van der Waals surface area contributed by atoms with Crippen molar-refractivity contribution in [1.82, 2.24) is 9.88 Å². The van der Waals surface area contributed by atoms with Crippen molar-refractivity contribution < 1.29 is 13.9 Å². The molecule has 0 saturated carbocycles. The first-order valence-electron chi connectivity index (χ1n) is 11.4. The molecule has 0 atom stereocenters. The van der Waals surface area contributed by atoms with Gasteiger partial charge in [-0.2, -0.15) is 0 Å². The average Bonchev–Trinajstić information content (AvgIpc) is 3.20. The number of ether oxygens (including phenoxy) is 1. The third-order valence-electron chi connectivity index (χ3n) is 6.50. The van der Waals surface area contributed by atoms with Gasteiger partial charge < -0.3 is 15.4 Å². The van der Waals surface area contributed by atoms with E-state index in [-0.39, 0.29) is 11.7 Å². The number of para-hydroxylation sites is 1. The zero-order valence-corrected chi connectivity index (χ0v) is 20.0. The van der Waals surface area contributed by atoms with Gasteiger partial charge in [0.1, 0.15) is 21.3 Å². The highest BCUT2D eigenvalue weighted by atomic mass is 32.1. The molecule has 1 saturated heterocycles. The van der Waals surface area contributed by atoms with Gasteiger partial charge in [0.05, 0.1) is 18.5 Å². The van der Waals surface area contributed by atoms with E-state index < -0.39 is 0 Å². The minimum Gasteiger partial charge on any atom is -0.496 e. The molecule has 1 amide bonds. The van der Waals surface area contributed by atoms with E-state index in [1.807, 2.05) is 35.2 Å². The highest BCUT2D eigenvalue weighted by molar-refractivity contribution is 7.21. The Morgan fingerprint density at radius 1 is 1.12 bits per heavy atom. The van der Waals surface area contributed by atoms with Crippen molar-refractivity contribution in [2.45, 2.75) is 19.8 Å². The van der Waals surface area contributed by atoms with Gasteiger partial charge in [-0.1, -0.05) is 25.1 Å². The Morgan fingerprint density at radius 2 is 1.82 bits per heavy atom. The second kappa shape index (κ2) is 9.06. The van der Waals surface area contributed by atoms with Crippen LogP contribution in [0.4, 0.5) is 10.1 Å². The third-order valence-corrected chi connectivity index (χ3v) is 7.59. The van der Waals surface area contributed by atoms with E-state index in [1.54, 1.807) is 19.2 Å². The van der Waals surface area contributed by atoms with Gasteiger partial charge >= 0.3 is 0 Å². The van der Waals surface area contributed by atoms with Gasteiger partial charge in [-0.3, -0.25) is 4.79 Å². The number of nitrogens with zero attached hydrogens (tertiary/aromatic N) is 2. The Labute approximate surface area is 202 Å². The minimum absolute atomic E-state index is 0.0401. The first-order chi connectivity index (χ1) is 16.5. The summed E-state index contributed by atoms with van der Waals surface area (Å²) in [6, 6.07) is 15.9. The van der Waals surface area contributed by atoms with Crippen LogP contribution in [0.25, 0.3) is 32.6 Å². The predicted octanol–water partition coefficient (Wildman–Crippen LogP) is 6.23. The summed E-state index contributed by atoms with van der Waals surface area (Å²) >= 11 is 1.32. The van der Waals surface area contributed by atoms with Crippen molar-refractivity contribution in [3.8, 4) is 28.1 Å². The number of nitrogen functional groups attached to an aromatic ring is 1. The summed E-state index contributed by atoms with van der Waals surface area (Å²) in [4.78, 5) is 21.4. The number of fused-ring (bicyclic) bond motifs is 1. The second-order valence-electron chi connectivity index (χ2n) is 8.76. The summed E-state index contributed by atoms with van der Waals surface area (Å²) in [7, 11) is 1.63. The normalized spacial score (nSPS) is 14.5. The lowest BCUT2D eigenvalue weighted by Gasteiger charge is -2.30. The number of rotatable bonds is 4. The Balaban J connectivity index is 1.70. The zero-order valence-electron chi connectivity index (χ0n) is 19.2. The second-order valence-corrected chi connectivity index (χ2v) is 9.76. The standard InChI is InChI=1S/C27H26FN3O2S/c1-16-11-13-31(14-12-16)27(32)25-24(29)23-20(19-5-3-4-6-22(19)33-2)15-21(30-26(23)34-25)17-7-9-18(28)10-8-17/h3-10,15-16H,11-14,29H2,1-2H3. The van der Waals surface area contributed by atoms with Crippen LogP contribution < -0.4 is 10.5 Å².